The molecule has 1 heterocycles. The summed E-state index contributed by atoms with van der Waals surface area (Å²) in [6.45, 7) is 3.47. The molecule has 3 nitrogen and oxygen atoms in total. The van der Waals surface area contributed by atoms with E-state index in [1.165, 1.54) is 0 Å². The maximum atomic E-state index is 13.1. The van der Waals surface area contributed by atoms with E-state index in [0.29, 0.717) is 16.7 Å². The van der Waals surface area contributed by atoms with Crippen molar-refractivity contribution in [3.8, 4) is 0 Å². The number of Topliss-reactive ketones (excluding diaryl/α,β-unsaturated/α-hetero) is 2. The summed E-state index contributed by atoms with van der Waals surface area (Å²) in [7, 11) is 0. The van der Waals surface area contributed by atoms with E-state index < -0.39 is 0 Å². The first-order valence-corrected chi connectivity index (χ1v) is 8.01. The van der Waals surface area contributed by atoms with E-state index >= 15 is 0 Å². The number of allylic oxidation sites excluding steroid dienone is 3. The number of fused-ring (bicyclic) bond motifs is 2. The van der Waals surface area contributed by atoms with E-state index in [1.54, 1.807) is 6.92 Å². The van der Waals surface area contributed by atoms with Gasteiger partial charge in [0.2, 0.25) is 0 Å². The second-order valence-corrected chi connectivity index (χ2v) is 6.23. The lowest BCUT2D eigenvalue weighted by Crippen LogP contribution is -2.27. The molecule has 1 aliphatic carbocycles. The van der Waals surface area contributed by atoms with E-state index in [-0.39, 0.29) is 17.5 Å². The predicted octanol–water partition coefficient (Wildman–Crippen LogP) is 3.84. The van der Waals surface area contributed by atoms with E-state index in [1.807, 2.05) is 61.5 Å². The molecule has 0 amide bonds. The van der Waals surface area contributed by atoms with Crippen LogP contribution in [0.4, 0.5) is 0 Å². The largest absolute Gasteiger partial charge is 0.358 e. The second-order valence-electron chi connectivity index (χ2n) is 6.23. The summed E-state index contributed by atoms with van der Waals surface area (Å²) < 4.78 is 0. The monoisotopic (exact) mass is 315 g/mol. The van der Waals surface area contributed by atoms with Crippen molar-refractivity contribution in [3.05, 3.63) is 88.1 Å². The Bertz CT molecular complexity index is 935. The molecule has 0 saturated heterocycles. The highest BCUT2D eigenvalue weighted by atomic mass is 16.1. The SMILES string of the molecule is CC(=O)C1=C(C)NC2=C(C(=O)c3ccccc32)[C@@H]1c1ccccc1. The number of benzene rings is 2. The molecular weight excluding hydrogens is 298 g/mol. The average Bonchev–Trinajstić information content (AvgIpc) is 2.87. The number of hydrogen-bond acceptors (Lipinski definition) is 3. The number of carbonyl (C=O) groups excluding carboxylic acids is 2. The molecule has 24 heavy (non-hydrogen) atoms. The molecule has 4 rings (SSSR count). The van der Waals surface area contributed by atoms with Crippen molar-refractivity contribution in [1.82, 2.24) is 5.32 Å². The van der Waals surface area contributed by atoms with E-state index in [9.17, 15) is 9.59 Å². The molecule has 0 aromatic heterocycles. The fraction of sp³-hybridized carbons (Fsp3) is 0.143. The zero-order chi connectivity index (χ0) is 16.8. The van der Waals surface area contributed by atoms with Crippen LogP contribution in [0.1, 0.15) is 41.3 Å². The van der Waals surface area contributed by atoms with Crippen molar-refractivity contribution in [2.75, 3.05) is 0 Å². The van der Waals surface area contributed by atoms with Gasteiger partial charge in [-0.1, -0.05) is 54.6 Å². The number of carbonyl (C=O) groups is 2. The number of nitrogens with one attached hydrogen (secondary N) is 1. The first kappa shape index (κ1) is 14.6. The molecule has 2 aliphatic rings. The molecule has 0 fully saturated rings. The molecule has 1 atom stereocenters. The van der Waals surface area contributed by atoms with Gasteiger partial charge in [-0.3, -0.25) is 9.59 Å². The fourth-order valence-corrected chi connectivity index (χ4v) is 3.77. The van der Waals surface area contributed by atoms with Gasteiger partial charge in [-0.25, -0.2) is 0 Å². The Hall–Kier alpha value is -2.94. The molecular formula is C21H17NO2. The van der Waals surface area contributed by atoms with Crippen molar-refractivity contribution >= 4 is 17.3 Å². The third-order valence-corrected chi connectivity index (χ3v) is 4.76. The molecule has 1 aliphatic heterocycles. The highest BCUT2D eigenvalue weighted by molar-refractivity contribution is 6.23. The molecule has 1 N–H and O–H groups in total. The van der Waals surface area contributed by atoms with Crippen molar-refractivity contribution < 1.29 is 9.59 Å². The summed E-state index contributed by atoms with van der Waals surface area (Å²) in [5.74, 6) is -0.322. The third-order valence-electron chi connectivity index (χ3n) is 4.76. The van der Waals surface area contributed by atoms with Gasteiger partial charge in [-0.05, 0) is 19.4 Å². The standard InChI is InChI=1S/C21H17NO2/c1-12-17(13(2)23)18(14-8-4-3-5-9-14)19-20(22-12)15-10-6-7-11-16(15)21(19)24/h3-11,18,22H,1-2H3/t18-/m1/s1. The Morgan fingerprint density at radius 2 is 1.58 bits per heavy atom. The first-order chi connectivity index (χ1) is 11.6. The summed E-state index contributed by atoms with van der Waals surface area (Å²) >= 11 is 0. The van der Waals surface area contributed by atoms with E-state index in [2.05, 4.69) is 5.32 Å². The highest BCUT2D eigenvalue weighted by Crippen LogP contribution is 2.46. The Kier molecular flexibility index (Phi) is 3.24. The minimum absolute atomic E-state index is 0.00760. The quantitative estimate of drug-likeness (QED) is 0.916. The fourth-order valence-electron chi connectivity index (χ4n) is 3.77. The number of ketones is 2. The van der Waals surface area contributed by atoms with Crippen molar-refractivity contribution in [1.29, 1.82) is 0 Å². The van der Waals surface area contributed by atoms with Gasteiger partial charge >= 0.3 is 0 Å². The van der Waals surface area contributed by atoms with Crippen molar-refractivity contribution in [2.24, 2.45) is 0 Å². The van der Waals surface area contributed by atoms with Gasteiger partial charge in [0.05, 0.1) is 5.70 Å². The molecule has 118 valence electrons. The van der Waals surface area contributed by atoms with Gasteiger partial charge in [0.15, 0.2) is 11.6 Å². The summed E-state index contributed by atoms with van der Waals surface area (Å²) in [5.41, 5.74) is 5.59. The summed E-state index contributed by atoms with van der Waals surface area (Å²) in [4.78, 5) is 25.4. The predicted molar refractivity (Wildman–Crippen MR) is 93.4 cm³/mol. The van der Waals surface area contributed by atoms with Crippen LogP contribution in [-0.4, -0.2) is 11.6 Å². The minimum Gasteiger partial charge on any atom is -0.358 e. The number of rotatable bonds is 2. The summed E-state index contributed by atoms with van der Waals surface area (Å²) in [6, 6.07) is 17.4. The van der Waals surface area contributed by atoms with Crippen LogP contribution in [0.2, 0.25) is 0 Å². The Morgan fingerprint density at radius 3 is 2.25 bits per heavy atom. The maximum absolute atomic E-state index is 13.1. The lowest BCUT2D eigenvalue weighted by atomic mass is 9.78. The van der Waals surface area contributed by atoms with Gasteiger partial charge in [0, 0.05) is 33.9 Å². The van der Waals surface area contributed by atoms with E-state index in [0.717, 1.165) is 22.5 Å². The van der Waals surface area contributed by atoms with Crippen LogP contribution in [-0.2, 0) is 4.79 Å². The summed E-state index contributed by atoms with van der Waals surface area (Å²) in [6.07, 6.45) is 0. The molecule has 0 bridgehead atoms. The normalized spacial score (nSPS) is 19.1. The zero-order valence-corrected chi connectivity index (χ0v) is 13.6. The van der Waals surface area contributed by atoms with E-state index in [4.69, 9.17) is 0 Å². The average molecular weight is 315 g/mol. The number of dihydropyridines is 1. The van der Waals surface area contributed by atoms with Crippen LogP contribution >= 0.6 is 0 Å². The van der Waals surface area contributed by atoms with Gasteiger partial charge in [-0.2, -0.15) is 0 Å². The zero-order valence-electron chi connectivity index (χ0n) is 13.6. The van der Waals surface area contributed by atoms with Crippen LogP contribution < -0.4 is 5.32 Å². The topological polar surface area (TPSA) is 46.2 Å². The first-order valence-electron chi connectivity index (χ1n) is 8.01. The third kappa shape index (κ3) is 1.98. The van der Waals surface area contributed by atoms with Crippen LogP contribution in [0.3, 0.4) is 0 Å². The van der Waals surface area contributed by atoms with Crippen LogP contribution in [0.15, 0.2) is 71.4 Å². The summed E-state index contributed by atoms with van der Waals surface area (Å²) in [5, 5.41) is 3.31. The molecule has 2 aromatic rings. The van der Waals surface area contributed by atoms with Gasteiger partial charge in [0.25, 0.3) is 0 Å². The Morgan fingerprint density at radius 1 is 0.958 bits per heavy atom. The lowest BCUT2D eigenvalue weighted by Gasteiger charge is -2.29. The van der Waals surface area contributed by atoms with Gasteiger partial charge < -0.3 is 5.32 Å². The molecule has 3 heteroatoms. The smallest absolute Gasteiger partial charge is 0.192 e. The van der Waals surface area contributed by atoms with Crippen LogP contribution in [0.5, 0.6) is 0 Å². The second kappa shape index (κ2) is 5.31. The maximum Gasteiger partial charge on any atom is 0.192 e. The molecule has 0 radical (unpaired) electrons. The molecule has 0 unspecified atom stereocenters. The molecule has 2 aromatic carbocycles. The van der Waals surface area contributed by atoms with Gasteiger partial charge in [0.1, 0.15) is 0 Å². The number of hydrogen-bond donors (Lipinski definition) is 1. The Labute approximate surface area is 140 Å². The highest BCUT2D eigenvalue weighted by Gasteiger charge is 2.41. The van der Waals surface area contributed by atoms with Crippen molar-refractivity contribution in [3.63, 3.8) is 0 Å². The van der Waals surface area contributed by atoms with Crippen molar-refractivity contribution in [2.45, 2.75) is 19.8 Å². The lowest BCUT2D eigenvalue weighted by molar-refractivity contribution is -0.113. The molecule has 0 saturated carbocycles. The minimum atomic E-state index is -0.320. The van der Waals surface area contributed by atoms with Crippen LogP contribution in [0, 0.1) is 0 Å². The molecule has 0 spiro atoms. The van der Waals surface area contributed by atoms with Gasteiger partial charge in [-0.15, -0.1) is 0 Å². The Balaban J connectivity index is 1.98. The van der Waals surface area contributed by atoms with Crippen LogP contribution in [0.25, 0.3) is 5.70 Å².